The summed E-state index contributed by atoms with van der Waals surface area (Å²) < 4.78 is 0. The predicted molar refractivity (Wildman–Crippen MR) is 74.4 cm³/mol. The van der Waals surface area contributed by atoms with Crippen molar-refractivity contribution in [2.75, 3.05) is 26.0 Å². The zero-order valence-corrected chi connectivity index (χ0v) is 12.4. The van der Waals surface area contributed by atoms with Crippen molar-refractivity contribution in [3.05, 3.63) is 0 Å². The Balaban J connectivity index is 4.32. The van der Waals surface area contributed by atoms with Crippen molar-refractivity contribution in [1.82, 2.24) is 10.2 Å². The third kappa shape index (κ3) is 5.27. The number of carbonyl (C=O) groups is 1. The van der Waals surface area contributed by atoms with Gasteiger partial charge >= 0.3 is 0 Å². The van der Waals surface area contributed by atoms with E-state index in [1.807, 2.05) is 38.9 Å². The number of thioether (sulfide) groups is 1. The van der Waals surface area contributed by atoms with Crippen LogP contribution in [0.25, 0.3) is 0 Å². The topological polar surface area (TPSA) is 52.6 Å². The summed E-state index contributed by atoms with van der Waals surface area (Å²) in [6.07, 6.45) is 1.97. The van der Waals surface area contributed by atoms with Crippen LogP contribution in [0.5, 0.6) is 0 Å². The fourth-order valence-corrected chi connectivity index (χ4v) is 2.45. The van der Waals surface area contributed by atoms with Gasteiger partial charge in [-0.2, -0.15) is 11.8 Å². The van der Waals surface area contributed by atoms with Crippen LogP contribution in [0, 0.1) is 0 Å². The van der Waals surface area contributed by atoms with Gasteiger partial charge in [0.15, 0.2) is 0 Å². The molecule has 0 saturated heterocycles. The number of hydrogen-bond donors (Lipinski definition) is 2. The number of likely N-dealkylation sites (N-methyl/N-ethyl adjacent to an activating group) is 1. The minimum atomic E-state index is -0.203. The lowest BCUT2D eigenvalue weighted by atomic mass is 10.2. The summed E-state index contributed by atoms with van der Waals surface area (Å²) in [5, 5.41) is 12.6. The van der Waals surface area contributed by atoms with Gasteiger partial charge in [-0.1, -0.05) is 0 Å². The highest BCUT2D eigenvalue weighted by atomic mass is 32.2. The molecule has 0 aliphatic heterocycles. The molecule has 0 bridgehead atoms. The molecule has 3 unspecified atom stereocenters. The molecule has 0 spiro atoms. The maximum Gasteiger partial charge on any atom is 0.239 e. The molecular weight excluding hydrogens is 236 g/mol. The molecule has 0 aliphatic carbocycles. The summed E-state index contributed by atoms with van der Waals surface area (Å²) in [5.41, 5.74) is 0. The van der Waals surface area contributed by atoms with E-state index in [-0.39, 0.29) is 29.8 Å². The van der Waals surface area contributed by atoms with Gasteiger partial charge in [-0.3, -0.25) is 4.79 Å². The first kappa shape index (κ1) is 16.7. The summed E-state index contributed by atoms with van der Waals surface area (Å²) in [6.45, 7) is 9.45. The van der Waals surface area contributed by atoms with Crippen LogP contribution in [0.15, 0.2) is 0 Å². The molecule has 0 aromatic rings. The van der Waals surface area contributed by atoms with E-state index in [0.29, 0.717) is 0 Å². The number of rotatable bonds is 8. The van der Waals surface area contributed by atoms with Crippen LogP contribution >= 0.6 is 11.8 Å². The van der Waals surface area contributed by atoms with Crippen LogP contribution in [-0.4, -0.2) is 59.2 Å². The molecule has 0 aromatic carbocycles. The Kier molecular flexibility index (Phi) is 8.64. The summed E-state index contributed by atoms with van der Waals surface area (Å²) in [6, 6.07) is -0.0874. The number of hydrogen-bond acceptors (Lipinski definition) is 4. The number of aliphatic hydroxyl groups is 1. The molecule has 17 heavy (non-hydrogen) atoms. The number of nitrogens with one attached hydrogen (secondary N) is 1. The standard InChI is InChI=1S/C12H26N2O2S/c1-6-14(7-2)12(16)10(4)13-9(3)11(8-15)17-5/h9-11,13,15H,6-8H2,1-5H3. The van der Waals surface area contributed by atoms with E-state index in [1.54, 1.807) is 11.8 Å². The van der Waals surface area contributed by atoms with Crippen LogP contribution in [0.2, 0.25) is 0 Å². The number of amides is 1. The molecule has 0 saturated carbocycles. The SMILES string of the molecule is CCN(CC)C(=O)C(C)NC(C)C(CO)SC. The molecule has 0 fully saturated rings. The van der Waals surface area contributed by atoms with Crippen LogP contribution in [0.3, 0.4) is 0 Å². The summed E-state index contributed by atoms with van der Waals surface area (Å²) in [4.78, 5) is 13.9. The van der Waals surface area contributed by atoms with E-state index in [9.17, 15) is 9.90 Å². The minimum Gasteiger partial charge on any atom is -0.395 e. The highest BCUT2D eigenvalue weighted by Crippen LogP contribution is 2.11. The Morgan fingerprint density at radius 3 is 2.24 bits per heavy atom. The van der Waals surface area contributed by atoms with Gasteiger partial charge in [-0.05, 0) is 34.0 Å². The summed E-state index contributed by atoms with van der Waals surface area (Å²) >= 11 is 1.61. The maximum atomic E-state index is 12.0. The van der Waals surface area contributed by atoms with Crippen molar-refractivity contribution in [3.63, 3.8) is 0 Å². The van der Waals surface area contributed by atoms with E-state index < -0.39 is 0 Å². The second-order valence-electron chi connectivity index (χ2n) is 4.14. The largest absolute Gasteiger partial charge is 0.395 e. The van der Waals surface area contributed by atoms with Gasteiger partial charge in [0.1, 0.15) is 0 Å². The predicted octanol–water partition coefficient (Wildman–Crippen LogP) is 0.945. The zero-order chi connectivity index (χ0) is 13.4. The molecule has 0 aliphatic rings. The lowest BCUT2D eigenvalue weighted by Crippen LogP contribution is -2.50. The molecule has 102 valence electrons. The van der Waals surface area contributed by atoms with Crippen LogP contribution in [0.4, 0.5) is 0 Å². The van der Waals surface area contributed by atoms with Crippen LogP contribution in [-0.2, 0) is 4.79 Å². The van der Waals surface area contributed by atoms with E-state index in [1.165, 1.54) is 0 Å². The van der Waals surface area contributed by atoms with E-state index in [2.05, 4.69) is 5.32 Å². The van der Waals surface area contributed by atoms with Crippen LogP contribution in [0.1, 0.15) is 27.7 Å². The molecule has 2 N–H and O–H groups in total. The van der Waals surface area contributed by atoms with Crippen LogP contribution < -0.4 is 5.32 Å². The number of carbonyl (C=O) groups excluding carboxylic acids is 1. The van der Waals surface area contributed by atoms with Crippen molar-refractivity contribution in [1.29, 1.82) is 0 Å². The molecule has 0 rings (SSSR count). The average molecular weight is 262 g/mol. The molecule has 1 amide bonds. The maximum absolute atomic E-state index is 12.0. The first-order valence-electron chi connectivity index (χ1n) is 6.20. The number of aliphatic hydroxyl groups excluding tert-OH is 1. The van der Waals surface area contributed by atoms with Crippen molar-refractivity contribution < 1.29 is 9.90 Å². The Labute approximate surface area is 109 Å². The van der Waals surface area contributed by atoms with Gasteiger partial charge in [-0.25, -0.2) is 0 Å². The van der Waals surface area contributed by atoms with Crippen molar-refractivity contribution in [2.24, 2.45) is 0 Å². The molecule has 5 heteroatoms. The highest BCUT2D eigenvalue weighted by molar-refractivity contribution is 7.99. The minimum absolute atomic E-state index is 0.115. The van der Waals surface area contributed by atoms with Gasteiger partial charge in [-0.15, -0.1) is 0 Å². The van der Waals surface area contributed by atoms with Crippen molar-refractivity contribution in [3.8, 4) is 0 Å². The summed E-state index contributed by atoms with van der Waals surface area (Å²) in [5.74, 6) is 0.125. The molecular formula is C12H26N2O2S. The van der Waals surface area contributed by atoms with E-state index in [4.69, 9.17) is 0 Å². The van der Waals surface area contributed by atoms with E-state index >= 15 is 0 Å². The fourth-order valence-electron chi connectivity index (χ4n) is 1.82. The third-order valence-electron chi connectivity index (χ3n) is 3.00. The first-order chi connectivity index (χ1) is 8.01. The Hall–Kier alpha value is -0.260. The fraction of sp³-hybridized carbons (Fsp3) is 0.917. The van der Waals surface area contributed by atoms with Crippen molar-refractivity contribution >= 4 is 17.7 Å². The molecule has 0 radical (unpaired) electrons. The number of nitrogens with zero attached hydrogens (tertiary/aromatic N) is 1. The second kappa shape index (κ2) is 8.78. The van der Waals surface area contributed by atoms with Gasteiger partial charge < -0.3 is 15.3 Å². The van der Waals surface area contributed by atoms with Gasteiger partial charge in [0, 0.05) is 24.4 Å². The normalized spacial score (nSPS) is 16.4. The lowest BCUT2D eigenvalue weighted by molar-refractivity contribution is -0.132. The molecule has 0 aromatic heterocycles. The molecule has 4 nitrogen and oxygen atoms in total. The Morgan fingerprint density at radius 1 is 1.35 bits per heavy atom. The third-order valence-corrected chi connectivity index (χ3v) is 4.16. The Bertz CT molecular complexity index is 219. The lowest BCUT2D eigenvalue weighted by Gasteiger charge is -2.28. The molecule has 3 atom stereocenters. The Morgan fingerprint density at radius 2 is 1.88 bits per heavy atom. The summed E-state index contributed by atoms with van der Waals surface area (Å²) in [7, 11) is 0. The van der Waals surface area contributed by atoms with E-state index in [0.717, 1.165) is 13.1 Å². The van der Waals surface area contributed by atoms with Gasteiger partial charge in [0.25, 0.3) is 0 Å². The van der Waals surface area contributed by atoms with Gasteiger partial charge in [0.05, 0.1) is 12.6 Å². The second-order valence-corrected chi connectivity index (χ2v) is 5.22. The first-order valence-corrected chi connectivity index (χ1v) is 7.48. The zero-order valence-electron chi connectivity index (χ0n) is 11.6. The van der Waals surface area contributed by atoms with Crippen molar-refractivity contribution in [2.45, 2.75) is 45.0 Å². The monoisotopic (exact) mass is 262 g/mol. The smallest absolute Gasteiger partial charge is 0.239 e. The highest BCUT2D eigenvalue weighted by Gasteiger charge is 2.23. The average Bonchev–Trinajstić information content (AvgIpc) is 2.31. The molecule has 0 heterocycles. The quantitative estimate of drug-likeness (QED) is 0.684. The van der Waals surface area contributed by atoms with Gasteiger partial charge in [0.2, 0.25) is 5.91 Å².